The smallest absolute Gasteiger partial charge is 0.122 e. The maximum atomic E-state index is 5.87. The molecule has 0 saturated carbocycles. The van der Waals surface area contributed by atoms with E-state index in [1.807, 2.05) is 0 Å². The van der Waals surface area contributed by atoms with E-state index in [-0.39, 0.29) is 6.10 Å². The Morgan fingerprint density at radius 1 is 1.47 bits per heavy atom. The molecule has 0 bridgehead atoms. The molecule has 1 aromatic rings. The van der Waals surface area contributed by atoms with Gasteiger partial charge < -0.3 is 14.8 Å². The number of rotatable bonds is 6. The molecule has 1 fully saturated rings. The summed E-state index contributed by atoms with van der Waals surface area (Å²) in [4.78, 5) is 0. The van der Waals surface area contributed by atoms with E-state index in [2.05, 4.69) is 44.3 Å². The third kappa shape index (κ3) is 3.95. The predicted molar refractivity (Wildman–Crippen MR) is 77.7 cm³/mol. The molecule has 0 radical (unpaired) electrons. The van der Waals surface area contributed by atoms with Gasteiger partial charge in [-0.15, -0.1) is 0 Å². The van der Waals surface area contributed by atoms with Crippen LogP contribution in [0.5, 0.6) is 5.75 Å². The highest BCUT2D eigenvalue weighted by Gasteiger charge is 2.16. The van der Waals surface area contributed by atoms with E-state index in [1.165, 1.54) is 11.1 Å². The minimum Gasteiger partial charge on any atom is -0.491 e. The van der Waals surface area contributed by atoms with Gasteiger partial charge in [0.25, 0.3) is 0 Å². The fraction of sp³-hybridized carbons (Fsp3) is 0.625. The van der Waals surface area contributed by atoms with Crippen molar-refractivity contribution in [2.75, 3.05) is 19.8 Å². The van der Waals surface area contributed by atoms with Gasteiger partial charge in [0.15, 0.2) is 0 Å². The number of hydrogen-bond acceptors (Lipinski definition) is 3. The van der Waals surface area contributed by atoms with E-state index in [4.69, 9.17) is 9.47 Å². The summed E-state index contributed by atoms with van der Waals surface area (Å²) in [5.41, 5.74) is 2.50. The van der Waals surface area contributed by atoms with Gasteiger partial charge in [-0.3, -0.25) is 0 Å². The molecule has 1 aliphatic heterocycles. The van der Waals surface area contributed by atoms with Crippen molar-refractivity contribution in [3.63, 3.8) is 0 Å². The molecule has 1 heterocycles. The maximum Gasteiger partial charge on any atom is 0.122 e. The summed E-state index contributed by atoms with van der Waals surface area (Å²) in [6, 6.07) is 6.81. The second-order valence-corrected chi connectivity index (χ2v) is 5.25. The van der Waals surface area contributed by atoms with Crippen LogP contribution in [0.25, 0.3) is 0 Å². The number of nitrogens with one attached hydrogen (secondary N) is 1. The lowest BCUT2D eigenvalue weighted by atomic mass is 10.1. The molecular weight excluding hydrogens is 238 g/mol. The largest absolute Gasteiger partial charge is 0.491 e. The average molecular weight is 263 g/mol. The zero-order chi connectivity index (χ0) is 13.7. The fourth-order valence-electron chi connectivity index (χ4n) is 2.49. The van der Waals surface area contributed by atoms with Gasteiger partial charge in [-0.1, -0.05) is 19.1 Å². The van der Waals surface area contributed by atoms with Gasteiger partial charge in [0.1, 0.15) is 12.4 Å². The van der Waals surface area contributed by atoms with Crippen LogP contribution in [-0.4, -0.2) is 25.9 Å². The SMILES string of the molecule is CCNC(C)c1ccc(OCC2CCCO2)c(C)c1. The summed E-state index contributed by atoms with van der Waals surface area (Å²) in [7, 11) is 0. The van der Waals surface area contributed by atoms with E-state index in [9.17, 15) is 0 Å². The Morgan fingerprint density at radius 2 is 2.32 bits per heavy atom. The molecule has 3 heteroatoms. The van der Waals surface area contributed by atoms with Crippen LogP contribution in [0.1, 0.15) is 43.9 Å². The number of benzene rings is 1. The molecule has 0 aliphatic carbocycles. The lowest BCUT2D eigenvalue weighted by Gasteiger charge is -2.17. The first-order valence-electron chi connectivity index (χ1n) is 7.29. The van der Waals surface area contributed by atoms with Gasteiger partial charge in [-0.05, 0) is 50.4 Å². The molecule has 1 N–H and O–H groups in total. The second kappa shape index (κ2) is 6.92. The van der Waals surface area contributed by atoms with Crippen molar-refractivity contribution in [1.82, 2.24) is 5.32 Å². The van der Waals surface area contributed by atoms with E-state index >= 15 is 0 Å². The molecule has 1 saturated heterocycles. The first-order valence-corrected chi connectivity index (χ1v) is 7.29. The molecule has 2 rings (SSSR count). The Balaban J connectivity index is 1.94. The number of ether oxygens (including phenoxy) is 2. The maximum absolute atomic E-state index is 5.87. The summed E-state index contributed by atoms with van der Waals surface area (Å²) in [6.45, 7) is 8.95. The normalized spacial score (nSPS) is 20.5. The van der Waals surface area contributed by atoms with Crippen molar-refractivity contribution in [3.8, 4) is 5.75 Å². The van der Waals surface area contributed by atoms with Crippen molar-refractivity contribution in [3.05, 3.63) is 29.3 Å². The van der Waals surface area contributed by atoms with Crippen molar-refractivity contribution in [2.45, 2.75) is 45.8 Å². The zero-order valence-corrected chi connectivity index (χ0v) is 12.2. The molecule has 1 aliphatic rings. The van der Waals surface area contributed by atoms with Crippen LogP contribution < -0.4 is 10.1 Å². The van der Waals surface area contributed by atoms with Gasteiger partial charge in [0.05, 0.1) is 6.10 Å². The first kappa shape index (κ1) is 14.4. The van der Waals surface area contributed by atoms with Crippen LogP contribution >= 0.6 is 0 Å². The average Bonchev–Trinajstić information content (AvgIpc) is 2.90. The Labute approximate surface area is 116 Å². The third-order valence-corrected chi connectivity index (χ3v) is 3.66. The van der Waals surface area contributed by atoms with Crippen LogP contribution in [0, 0.1) is 6.92 Å². The highest BCUT2D eigenvalue weighted by atomic mass is 16.5. The van der Waals surface area contributed by atoms with Crippen LogP contribution in [0.3, 0.4) is 0 Å². The van der Waals surface area contributed by atoms with E-state index in [0.717, 1.165) is 31.7 Å². The quantitative estimate of drug-likeness (QED) is 0.855. The van der Waals surface area contributed by atoms with Crippen molar-refractivity contribution < 1.29 is 9.47 Å². The summed E-state index contributed by atoms with van der Waals surface area (Å²) >= 11 is 0. The predicted octanol–water partition coefficient (Wildman–Crippen LogP) is 3.22. The highest BCUT2D eigenvalue weighted by molar-refractivity contribution is 5.37. The van der Waals surface area contributed by atoms with Gasteiger partial charge in [-0.2, -0.15) is 0 Å². The Bertz CT molecular complexity index is 400. The van der Waals surface area contributed by atoms with Crippen LogP contribution in [-0.2, 0) is 4.74 Å². The lowest BCUT2D eigenvalue weighted by molar-refractivity contribution is 0.0677. The molecule has 2 atom stereocenters. The molecule has 2 unspecified atom stereocenters. The summed E-state index contributed by atoms with van der Waals surface area (Å²) in [5.74, 6) is 0.975. The molecule has 0 aromatic heterocycles. The van der Waals surface area contributed by atoms with Crippen LogP contribution in [0.15, 0.2) is 18.2 Å². The van der Waals surface area contributed by atoms with Crippen LogP contribution in [0.2, 0.25) is 0 Å². The molecule has 106 valence electrons. The number of hydrogen-bond donors (Lipinski definition) is 1. The summed E-state index contributed by atoms with van der Waals surface area (Å²) in [5, 5.41) is 3.42. The topological polar surface area (TPSA) is 30.5 Å². The minimum atomic E-state index is 0.278. The highest BCUT2D eigenvalue weighted by Crippen LogP contribution is 2.24. The summed E-state index contributed by atoms with van der Waals surface area (Å²) < 4.78 is 11.4. The molecular formula is C16H25NO2. The van der Waals surface area contributed by atoms with E-state index in [1.54, 1.807) is 0 Å². The van der Waals surface area contributed by atoms with E-state index in [0.29, 0.717) is 12.6 Å². The number of aryl methyl sites for hydroxylation is 1. The van der Waals surface area contributed by atoms with Crippen LogP contribution in [0.4, 0.5) is 0 Å². The van der Waals surface area contributed by atoms with Crippen molar-refractivity contribution in [2.24, 2.45) is 0 Å². The third-order valence-electron chi connectivity index (χ3n) is 3.66. The van der Waals surface area contributed by atoms with Gasteiger partial charge >= 0.3 is 0 Å². The van der Waals surface area contributed by atoms with E-state index < -0.39 is 0 Å². The standard InChI is InChI=1S/C16H25NO2/c1-4-17-13(3)14-7-8-16(12(2)10-14)19-11-15-6-5-9-18-15/h7-8,10,13,15,17H,4-6,9,11H2,1-3H3. The minimum absolute atomic E-state index is 0.278. The van der Waals surface area contributed by atoms with Gasteiger partial charge in [-0.25, -0.2) is 0 Å². The molecule has 0 spiro atoms. The molecule has 19 heavy (non-hydrogen) atoms. The monoisotopic (exact) mass is 263 g/mol. The van der Waals surface area contributed by atoms with Gasteiger partial charge in [0, 0.05) is 12.6 Å². The van der Waals surface area contributed by atoms with Gasteiger partial charge in [0.2, 0.25) is 0 Å². The lowest BCUT2D eigenvalue weighted by Crippen LogP contribution is -2.18. The van der Waals surface area contributed by atoms with Crippen molar-refractivity contribution in [1.29, 1.82) is 0 Å². The second-order valence-electron chi connectivity index (χ2n) is 5.25. The zero-order valence-electron chi connectivity index (χ0n) is 12.2. The first-order chi connectivity index (χ1) is 9.20. The Kier molecular flexibility index (Phi) is 5.23. The molecule has 0 amide bonds. The van der Waals surface area contributed by atoms with Crippen molar-refractivity contribution >= 4 is 0 Å². The Morgan fingerprint density at radius 3 is 2.95 bits per heavy atom. The summed E-state index contributed by atoms with van der Waals surface area (Å²) in [6.07, 6.45) is 2.56. The fourth-order valence-corrected chi connectivity index (χ4v) is 2.49. The Hall–Kier alpha value is -1.06. The molecule has 1 aromatic carbocycles. The molecule has 3 nitrogen and oxygen atoms in total.